The molecule has 1 saturated carbocycles. The monoisotopic (exact) mass is 254 g/mol. The standard InChI is InChI=1S/C14H26N2O2/c1-3-15-13-9-18-8-12(13)14(17)16-11-6-4-10(2)5-7-11/h10-13,15H,3-9H2,1-2H3,(H,16,17). The number of rotatable bonds is 4. The van der Waals surface area contributed by atoms with Crippen LogP contribution >= 0.6 is 0 Å². The van der Waals surface area contributed by atoms with Crippen molar-refractivity contribution in [1.29, 1.82) is 0 Å². The molecule has 2 rings (SSSR count). The maximum absolute atomic E-state index is 12.2. The van der Waals surface area contributed by atoms with Gasteiger partial charge in [-0.15, -0.1) is 0 Å². The minimum atomic E-state index is -0.00991. The van der Waals surface area contributed by atoms with E-state index in [0.29, 0.717) is 19.3 Å². The number of carbonyl (C=O) groups excluding carboxylic acids is 1. The summed E-state index contributed by atoms with van der Waals surface area (Å²) in [4.78, 5) is 12.2. The molecule has 2 unspecified atom stereocenters. The molecule has 0 aromatic carbocycles. The average molecular weight is 254 g/mol. The molecule has 104 valence electrons. The molecule has 18 heavy (non-hydrogen) atoms. The lowest BCUT2D eigenvalue weighted by Gasteiger charge is -2.28. The molecular weight excluding hydrogens is 228 g/mol. The molecule has 1 aliphatic heterocycles. The van der Waals surface area contributed by atoms with Crippen LogP contribution in [0.25, 0.3) is 0 Å². The van der Waals surface area contributed by atoms with Crippen LogP contribution in [-0.2, 0) is 9.53 Å². The van der Waals surface area contributed by atoms with E-state index in [4.69, 9.17) is 4.74 Å². The van der Waals surface area contributed by atoms with E-state index in [1.54, 1.807) is 0 Å². The molecule has 1 heterocycles. The Balaban J connectivity index is 1.80. The van der Waals surface area contributed by atoms with Gasteiger partial charge in [-0.2, -0.15) is 0 Å². The van der Waals surface area contributed by atoms with Gasteiger partial charge in [-0.05, 0) is 38.1 Å². The van der Waals surface area contributed by atoms with E-state index in [1.807, 2.05) is 0 Å². The van der Waals surface area contributed by atoms with Gasteiger partial charge in [0.15, 0.2) is 0 Å². The molecule has 0 aromatic rings. The maximum Gasteiger partial charge on any atom is 0.227 e. The van der Waals surface area contributed by atoms with Crippen LogP contribution in [0.5, 0.6) is 0 Å². The molecule has 4 heteroatoms. The smallest absolute Gasteiger partial charge is 0.227 e. The van der Waals surface area contributed by atoms with E-state index < -0.39 is 0 Å². The Hall–Kier alpha value is -0.610. The Morgan fingerprint density at radius 2 is 1.94 bits per heavy atom. The number of nitrogens with one attached hydrogen (secondary N) is 2. The highest BCUT2D eigenvalue weighted by molar-refractivity contribution is 5.80. The zero-order valence-corrected chi connectivity index (χ0v) is 11.6. The van der Waals surface area contributed by atoms with Crippen molar-refractivity contribution in [1.82, 2.24) is 10.6 Å². The number of hydrogen-bond donors (Lipinski definition) is 2. The summed E-state index contributed by atoms with van der Waals surface area (Å²) in [6.45, 7) is 6.47. The van der Waals surface area contributed by atoms with Gasteiger partial charge in [-0.3, -0.25) is 4.79 Å². The SMILES string of the molecule is CCNC1COCC1C(=O)NC1CCC(C)CC1. The lowest BCUT2D eigenvalue weighted by atomic mass is 9.87. The molecule has 2 N–H and O–H groups in total. The van der Waals surface area contributed by atoms with Crippen molar-refractivity contribution in [2.75, 3.05) is 19.8 Å². The summed E-state index contributed by atoms with van der Waals surface area (Å²) in [5, 5.41) is 6.54. The first-order valence-corrected chi connectivity index (χ1v) is 7.32. The fraction of sp³-hybridized carbons (Fsp3) is 0.929. The lowest BCUT2D eigenvalue weighted by Crippen LogP contribution is -2.47. The second-order valence-electron chi connectivity index (χ2n) is 5.77. The minimum Gasteiger partial charge on any atom is -0.379 e. The van der Waals surface area contributed by atoms with Crippen LogP contribution in [0.3, 0.4) is 0 Å². The van der Waals surface area contributed by atoms with Gasteiger partial charge in [-0.1, -0.05) is 13.8 Å². The molecule has 0 bridgehead atoms. The van der Waals surface area contributed by atoms with E-state index in [2.05, 4.69) is 24.5 Å². The summed E-state index contributed by atoms with van der Waals surface area (Å²) in [5.41, 5.74) is 0. The van der Waals surface area contributed by atoms with Crippen molar-refractivity contribution in [3.63, 3.8) is 0 Å². The predicted octanol–water partition coefficient (Wildman–Crippen LogP) is 1.31. The fourth-order valence-electron chi connectivity index (χ4n) is 2.99. The van der Waals surface area contributed by atoms with Crippen molar-refractivity contribution in [2.45, 2.75) is 51.6 Å². The predicted molar refractivity (Wildman–Crippen MR) is 71.3 cm³/mol. The van der Waals surface area contributed by atoms with Crippen molar-refractivity contribution in [3.8, 4) is 0 Å². The van der Waals surface area contributed by atoms with Crippen molar-refractivity contribution in [3.05, 3.63) is 0 Å². The molecule has 1 aliphatic carbocycles. The number of hydrogen-bond acceptors (Lipinski definition) is 3. The Morgan fingerprint density at radius 1 is 1.22 bits per heavy atom. The number of likely N-dealkylation sites (N-methyl/N-ethyl adjacent to an activating group) is 1. The normalized spacial score (nSPS) is 36.6. The van der Waals surface area contributed by atoms with Crippen LogP contribution in [0.1, 0.15) is 39.5 Å². The van der Waals surface area contributed by atoms with Gasteiger partial charge in [-0.25, -0.2) is 0 Å². The van der Waals surface area contributed by atoms with E-state index in [9.17, 15) is 4.79 Å². The molecule has 0 radical (unpaired) electrons. The Morgan fingerprint density at radius 3 is 2.61 bits per heavy atom. The summed E-state index contributed by atoms with van der Waals surface area (Å²) >= 11 is 0. The zero-order chi connectivity index (χ0) is 13.0. The van der Waals surface area contributed by atoms with Crippen LogP contribution in [0.4, 0.5) is 0 Å². The van der Waals surface area contributed by atoms with Gasteiger partial charge in [0.2, 0.25) is 5.91 Å². The zero-order valence-electron chi connectivity index (χ0n) is 11.6. The van der Waals surface area contributed by atoms with Crippen LogP contribution in [0.15, 0.2) is 0 Å². The van der Waals surface area contributed by atoms with E-state index in [-0.39, 0.29) is 17.9 Å². The third kappa shape index (κ3) is 3.45. The van der Waals surface area contributed by atoms with E-state index in [0.717, 1.165) is 25.3 Å². The van der Waals surface area contributed by atoms with Crippen LogP contribution in [0, 0.1) is 11.8 Å². The molecule has 2 atom stereocenters. The largest absolute Gasteiger partial charge is 0.379 e. The van der Waals surface area contributed by atoms with Crippen LogP contribution < -0.4 is 10.6 Å². The summed E-state index contributed by atoms with van der Waals surface area (Å²) in [6, 6.07) is 0.578. The first-order valence-electron chi connectivity index (χ1n) is 7.32. The van der Waals surface area contributed by atoms with E-state index >= 15 is 0 Å². The molecular formula is C14H26N2O2. The summed E-state index contributed by atoms with van der Waals surface area (Å²) < 4.78 is 5.43. The molecule has 1 amide bonds. The number of carbonyl (C=O) groups is 1. The Labute approximate surface area is 110 Å². The molecule has 4 nitrogen and oxygen atoms in total. The van der Waals surface area contributed by atoms with Gasteiger partial charge in [0.1, 0.15) is 0 Å². The summed E-state index contributed by atoms with van der Waals surface area (Å²) in [5.74, 6) is 0.991. The molecule has 0 aromatic heterocycles. The van der Waals surface area contributed by atoms with E-state index in [1.165, 1.54) is 12.8 Å². The minimum absolute atomic E-state index is 0.00991. The number of ether oxygens (including phenoxy) is 1. The van der Waals surface area contributed by atoms with Gasteiger partial charge in [0.05, 0.1) is 19.1 Å². The van der Waals surface area contributed by atoms with Crippen molar-refractivity contribution in [2.24, 2.45) is 11.8 Å². The highest BCUT2D eigenvalue weighted by Crippen LogP contribution is 2.24. The molecule has 0 spiro atoms. The topological polar surface area (TPSA) is 50.4 Å². The highest BCUT2D eigenvalue weighted by Gasteiger charge is 2.34. The molecule has 1 saturated heterocycles. The maximum atomic E-state index is 12.2. The third-order valence-electron chi connectivity index (χ3n) is 4.25. The van der Waals surface area contributed by atoms with Gasteiger partial charge < -0.3 is 15.4 Å². The first kappa shape index (κ1) is 13.8. The second kappa shape index (κ2) is 6.53. The summed E-state index contributed by atoms with van der Waals surface area (Å²) in [6.07, 6.45) is 4.74. The fourth-order valence-corrected chi connectivity index (χ4v) is 2.99. The summed E-state index contributed by atoms with van der Waals surface area (Å²) in [7, 11) is 0. The van der Waals surface area contributed by atoms with Crippen LogP contribution in [0.2, 0.25) is 0 Å². The number of amides is 1. The van der Waals surface area contributed by atoms with Gasteiger partial charge in [0.25, 0.3) is 0 Å². The first-order chi connectivity index (χ1) is 8.70. The molecule has 2 fully saturated rings. The Kier molecular flexibility index (Phi) is 5.01. The van der Waals surface area contributed by atoms with Crippen molar-refractivity contribution < 1.29 is 9.53 Å². The third-order valence-corrected chi connectivity index (χ3v) is 4.25. The van der Waals surface area contributed by atoms with Crippen LogP contribution in [-0.4, -0.2) is 37.7 Å². The quantitative estimate of drug-likeness (QED) is 0.795. The highest BCUT2D eigenvalue weighted by atomic mass is 16.5. The van der Waals surface area contributed by atoms with Gasteiger partial charge in [0, 0.05) is 12.1 Å². The second-order valence-corrected chi connectivity index (χ2v) is 5.77. The molecule has 2 aliphatic rings. The van der Waals surface area contributed by atoms with Crippen molar-refractivity contribution >= 4 is 5.91 Å². The Bertz CT molecular complexity index is 275. The van der Waals surface area contributed by atoms with Gasteiger partial charge >= 0.3 is 0 Å². The lowest BCUT2D eigenvalue weighted by molar-refractivity contribution is -0.126. The average Bonchev–Trinajstić information content (AvgIpc) is 2.81.